The lowest BCUT2D eigenvalue weighted by atomic mass is 10.0. The quantitative estimate of drug-likeness (QED) is 0.909. The van der Waals surface area contributed by atoms with Crippen LogP contribution < -0.4 is 0 Å². The van der Waals surface area contributed by atoms with Crippen molar-refractivity contribution in [2.45, 2.75) is 51.7 Å². The predicted molar refractivity (Wildman–Crippen MR) is 71.4 cm³/mol. The third-order valence-electron chi connectivity index (χ3n) is 4.64. The predicted octanol–water partition coefficient (Wildman–Crippen LogP) is 3.42. The molecule has 0 saturated heterocycles. The summed E-state index contributed by atoms with van der Waals surface area (Å²) in [4.78, 5) is 0. The lowest BCUT2D eigenvalue weighted by Gasteiger charge is -2.14. The zero-order valence-electron chi connectivity index (χ0n) is 10.8. The third-order valence-corrected chi connectivity index (χ3v) is 4.93. The van der Waals surface area contributed by atoms with E-state index in [0.29, 0.717) is 10.9 Å². The van der Waals surface area contributed by atoms with Gasteiger partial charge in [-0.15, -0.1) is 0 Å². The first-order valence-corrected chi connectivity index (χ1v) is 7.51. The molecule has 4 heteroatoms. The van der Waals surface area contributed by atoms with Crippen molar-refractivity contribution in [3.63, 3.8) is 0 Å². The molecular formula is C14H21ClN2O. The van der Waals surface area contributed by atoms with Crippen LogP contribution in [0.15, 0.2) is 6.20 Å². The van der Waals surface area contributed by atoms with Gasteiger partial charge in [0.05, 0.1) is 16.9 Å². The highest BCUT2D eigenvalue weighted by Gasteiger charge is 2.55. The summed E-state index contributed by atoms with van der Waals surface area (Å²) in [5, 5.41) is 15.5. The van der Waals surface area contributed by atoms with E-state index in [9.17, 15) is 5.11 Å². The van der Waals surface area contributed by atoms with Crippen LogP contribution in [0.25, 0.3) is 0 Å². The van der Waals surface area contributed by atoms with E-state index < -0.39 is 6.10 Å². The Morgan fingerprint density at radius 3 is 2.72 bits per heavy atom. The van der Waals surface area contributed by atoms with E-state index in [0.717, 1.165) is 30.5 Å². The number of aliphatic hydroxyl groups is 1. The van der Waals surface area contributed by atoms with Crippen molar-refractivity contribution in [1.82, 2.24) is 9.78 Å². The van der Waals surface area contributed by atoms with Crippen molar-refractivity contribution >= 4 is 11.6 Å². The fourth-order valence-electron chi connectivity index (χ4n) is 3.75. The molecule has 2 saturated carbocycles. The van der Waals surface area contributed by atoms with Gasteiger partial charge in [0, 0.05) is 6.54 Å². The largest absolute Gasteiger partial charge is 0.386 e. The molecule has 0 amide bonds. The number of nitrogens with zero attached hydrogens (tertiary/aromatic N) is 2. The van der Waals surface area contributed by atoms with Gasteiger partial charge in [0.25, 0.3) is 0 Å². The molecule has 18 heavy (non-hydrogen) atoms. The van der Waals surface area contributed by atoms with Crippen molar-refractivity contribution < 1.29 is 5.11 Å². The molecule has 3 atom stereocenters. The van der Waals surface area contributed by atoms with E-state index in [2.05, 4.69) is 12.0 Å². The van der Waals surface area contributed by atoms with Gasteiger partial charge in [-0.05, 0) is 37.0 Å². The minimum atomic E-state index is -0.417. The summed E-state index contributed by atoms with van der Waals surface area (Å²) in [7, 11) is 0. The summed E-state index contributed by atoms with van der Waals surface area (Å²) in [6.07, 6.45) is 7.48. The van der Waals surface area contributed by atoms with Gasteiger partial charge in [-0.2, -0.15) is 5.10 Å². The van der Waals surface area contributed by atoms with Gasteiger partial charge < -0.3 is 5.11 Å². The molecule has 0 radical (unpaired) electrons. The van der Waals surface area contributed by atoms with Gasteiger partial charge in [-0.1, -0.05) is 31.4 Å². The van der Waals surface area contributed by atoms with Crippen LogP contribution in [0, 0.1) is 17.8 Å². The number of rotatable bonds is 4. The standard InChI is InChI=1S/C14H21ClN2O/c1-2-7-17-13(11(15)8-16-17)14(18)12-9-5-3-4-6-10(9)12/h8-10,12,14,18H,2-7H2,1H3. The first-order chi connectivity index (χ1) is 8.74. The van der Waals surface area contributed by atoms with E-state index in [1.807, 2.05) is 4.68 Å². The van der Waals surface area contributed by atoms with Crippen LogP contribution in [0.5, 0.6) is 0 Å². The topological polar surface area (TPSA) is 38.0 Å². The Morgan fingerprint density at radius 1 is 1.44 bits per heavy atom. The Balaban J connectivity index is 1.80. The normalized spacial score (nSPS) is 32.1. The molecule has 3 nitrogen and oxygen atoms in total. The van der Waals surface area contributed by atoms with Crippen molar-refractivity contribution in [3.8, 4) is 0 Å². The highest BCUT2D eigenvalue weighted by molar-refractivity contribution is 6.31. The second kappa shape index (κ2) is 4.86. The van der Waals surface area contributed by atoms with E-state index in [1.54, 1.807) is 6.20 Å². The minimum absolute atomic E-state index is 0.417. The first-order valence-electron chi connectivity index (χ1n) is 7.13. The molecule has 2 fully saturated rings. The summed E-state index contributed by atoms with van der Waals surface area (Å²) in [5.41, 5.74) is 0.845. The van der Waals surface area contributed by atoms with E-state index in [-0.39, 0.29) is 0 Å². The van der Waals surface area contributed by atoms with Crippen LogP contribution in [0.4, 0.5) is 0 Å². The molecule has 3 unspecified atom stereocenters. The van der Waals surface area contributed by atoms with Gasteiger partial charge in [-0.3, -0.25) is 4.68 Å². The molecule has 2 aliphatic rings. The first kappa shape index (κ1) is 12.5. The van der Waals surface area contributed by atoms with Crippen LogP contribution >= 0.6 is 11.6 Å². The molecule has 100 valence electrons. The molecule has 0 spiro atoms. The zero-order chi connectivity index (χ0) is 12.7. The Morgan fingerprint density at radius 2 is 2.11 bits per heavy atom. The number of halogens is 1. The third kappa shape index (κ3) is 1.97. The van der Waals surface area contributed by atoms with Crippen molar-refractivity contribution in [2.24, 2.45) is 17.8 Å². The maximum Gasteiger partial charge on any atom is 0.100 e. The highest BCUT2D eigenvalue weighted by atomic mass is 35.5. The number of aryl methyl sites for hydroxylation is 1. The SMILES string of the molecule is CCCn1ncc(Cl)c1C(O)C1C2CCCCC21. The van der Waals surface area contributed by atoms with Crippen molar-refractivity contribution in [1.29, 1.82) is 0 Å². The Kier molecular flexibility index (Phi) is 3.37. The zero-order valence-corrected chi connectivity index (χ0v) is 11.6. The Bertz CT molecular complexity index is 419. The van der Waals surface area contributed by atoms with Crippen LogP contribution in [-0.4, -0.2) is 14.9 Å². The number of aromatic nitrogens is 2. The Labute approximate surface area is 113 Å². The summed E-state index contributed by atoms with van der Waals surface area (Å²) in [5.74, 6) is 1.89. The van der Waals surface area contributed by atoms with Gasteiger partial charge >= 0.3 is 0 Å². The van der Waals surface area contributed by atoms with Crippen LogP contribution in [0.3, 0.4) is 0 Å². The summed E-state index contributed by atoms with van der Waals surface area (Å²) in [6, 6.07) is 0. The van der Waals surface area contributed by atoms with E-state index in [1.165, 1.54) is 25.7 Å². The van der Waals surface area contributed by atoms with E-state index >= 15 is 0 Å². The second-order valence-electron chi connectivity index (χ2n) is 5.74. The maximum absolute atomic E-state index is 10.6. The molecule has 1 aromatic heterocycles. The molecule has 0 aromatic carbocycles. The Hall–Kier alpha value is -0.540. The molecular weight excluding hydrogens is 248 g/mol. The minimum Gasteiger partial charge on any atom is -0.386 e. The van der Waals surface area contributed by atoms with Gasteiger partial charge in [0.15, 0.2) is 0 Å². The van der Waals surface area contributed by atoms with Gasteiger partial charge in [-0.25, -0.2) is 0 Å². The maximum atomic E-state index is 10.6. The smallest absolute Gasteiger partial charge is 0.100 e. The van der Waals surface area contributed by atoms with Gasteiger partial charge in [0.2, 0.25) is 0 Å². The lowest BCUT2D eigenvalue weighted by molar-refractivity contribution is 0.131. The highest BCUT2D eigenvalue weighted by Crippen LogP contribution is 2.60. The van der Waals surface area contributed by atoms with Crippen LogP contribution in [0.1, 0.15) is 50.8 Å². The average Bonchev–Trinajstić information content (AvgIpc) is 3.00. The average molecular weight is 269 g/mol. The fourth-order valence-corrected chi connectivity index (χ4v) is 4.01. The van der Waals surface area contributed by atoms with Crippen molar-refractivity contribution in [3.05, 3.63) is 16.9 Å². The number of hydrogen-bond donors (Lipinski definition) is 1. The van der Waals surface area contributed by atoms with Crippen LogP contribution in [0.2, 0.25) is 5.02 Å². The molecule has 0 bridgehead atoms. The summed E-state index contributed by atoms with van der Waals surface area (Å²) >= 11 is 6.20. The molecule has 1 aromatic rings. The number of aliphatic hydroxyl groups excluding tert-OH is 1. The lowest BCUT2D eigenvalue weighted by Crippen LogP contribution is -2.12. The van der Waals surface area contributed by atoms with Crippen molar-refractivity contribution in [2.75, 3.05) is 0 Å². The van der Waals surface area contributed by atoms with E-state index in [4.69, 9.17) is 11.6 Å². The molecule has 3 rings (SSSR count). The monoisotopic (exact) mass is 268 g/mol. The number of hydrogen-bond acceptors (Lipinski definition) is 2. The number of fused-ring (bicyclic) bond motifs is 1. The molecule has 2 aliphatic carbocycles. The summed E-state index contributed by atoms with van der Waals surface area (Å²) in [6.45, 7) is 2.95. The van der Waals surface area contributed by atoms with Crippen LogP contribution in [-0.2, 0) is 6.54 Å². The molecule has 0 aliphatic heterocycles. The molecule has 1 N–H and O–H groups in total. The summed E-state index contributed by atoms with van der Waals surface area (Å²) < 4.78 is 1.89. The fraction of sp³-hybridized carbons (Fsp3) is 0.786. The van der Waals surface area contributed by atoms with Gasteiger partial charge in [0.1, 0.15) is 6.10 Å². The molecule has 1 heterocycles. The second-order valence-corrected chi connectivity index (χ2v) is 6.14.